The molecule has 7 nitrogen and oxygen atoms in total. The number of halogens is 2. The zero-order valence-corrected chi connectivity index (χ0v) is 19.1. The molecule has 1 aromatic heterocycles. The Kier molecular flexibility index (Phi) is 6.80. The number of ether oxygens (including phenoxy) is 1. The van der Waals surface area contributed by atoms with Crippen molar-refractivity contribution in [2.45, 2.75) is 17.0 Å². The topological polar surface area (TPSA) is 76.5 Å². The maximum absolute atomic E-state index is 13.4. The summed E-state index contributed by atoms with van der Waals surface area (Å²) >= 11 is 5.90. The van der Waals surface area contributed by atoms with Gasteiger partial charge in [0.2, 0.25) is 0 Å². The highest BCUT2D eigenvalue weighted by atomic mass is 35.5. The summed E-state index contributed by atoms with van der Waals surface area (Å²) in [6.07, 6.45) is 2.56. The molecule has 0 bridgehead atoms. The molecule has 10 heteroatoms. The third-order valence-corrected chi connectivity index (χ3v) is 7.39. The second-order valence-corrected chi connectivity index (χ2v) is 10.0. The lowest BCUT2D eigenvalue weighted by Gasteiger charge is -2.19. The molecule has 4 rings (SSSR count). The summed E-state index contributed by atoms with van der Waals surface area (Å²) in [7, 11) is -2.04. The number of nitrogens with zero attached hydrogens (tertiary/aromatic N) is 3. The van der Waals surface area contributed by atoms with E-state index in [-0.39, 0.29) is 36.0 Å². The first kappa shape index (κ1) is 22.7. The van der Waals surface area contributed by atoms with Crippen LogP contribution in [0.5, 0.6) is 0 Å². The average molecular weight is 479 g/mol. The summed E-state index contributed by atoms with van der Waals surface area (Å²) in [4.78, 5) is 4.01. The molecule has 0 amide bonds. The molecule has 0 unspecified atom stereocenters. The molecule has 0 spiro atoms. The number of imidazole rings is 1. The molecule has 2 aromatic carbocycles. The molecule has 1 fully saturated rings. The van der Waals surface area contributed by atoms with Crippen LogP contribution < -0.4 is 5.32 Å². The first-order valence-electron chi connectivity index (χ1n) is 10.2. The van der Waals surface area contributed by atoms with Gasteiger partial charge in [-0.15, -0.1) is 0 Å². The Hall–Kier alpha value is -2.46. The molecule has 32 heavy (non-hydrogen) atoms. The van der Waals surface area contributed by atoms with E-state index in [1.54, 1.807) is 35.9 Å². The van der Waals surface area contributed by atoms with Crippen molar-refractivity contribution in [1.29, 1.82) is 0 Å². The van der Waals surface area contributed by atoms with Crippen LogP contribution in [0.15, 0.2) is 66.1 Å². The molecule has 1 N–H and O–H groups in total. The van der Waals surface area contributed by atoms with E-state index >= 15 is 0 Å². The van der Waals surface area contributed by atoms with Crippen molar-refractivity contribution in [1.82, 2.24) is 13.9 Å². The molecule has 0 saturated carbocycles. The Bertz CT molecular complexity index is 1150. The van der Waals surface area contributed by atoms with E-state index in [9.17, 15) is 12.8 Å². The van der Waals surface area contributed by atoms with Crippen LogP contribution in [0.1, 0.15) is 11.5 Å². The average Bonchev–Trinajstić information content (AvgIpc) is 3.40. The lowest BCUT2D eigenvalue weighted by molar-refractivity contribution is 0.0604. The Morgan fingerprint density at radius 3 is 2.53 bits per heavy atom. The molecular weight excluding hydrogens is 455 g/mol. The zero-order valence-electron chi connectivity index (χ0n) is 17.5. The van der Waals surface area contributed by atoms with Gasteiger partial charge < -0.3 is 14.6 Å². The van der Waals surface area contributed by atoms with E-state index in [1.807, 2.05) is 12.1 Å². The smallest absolute Gasteiger partial charge is 0.262 e. The molecule has 2 atom stereocenters. The van der Waals surface area contributed by atoms with E-state index in [0.29, 0.717) is 18.2 Å². The first-order valence-corrected chi connectivity index (χ1v) is 12.0. The van der Waals surface area contributed by atoms with E-state index in [4.69, 9.17) is 16.3 Å². The highest BCUT2D eigenvalue weighted by molar-refractivity contribution is 7.89. The number of rotatable bonds is 8. The summed E-state index contributed by atoms with van der Waals surface area (Å²) in [5.74, 6) is -0.557. The lowest BCUT2D eigenvalue weighted by Crippen LogP contribution is -2.31. The fourth-order valence-electron chi connectivity index (χ4n) is 3.76. The molecule has 0 aliphatic carbocycles. The minimum Gasteiger partial charge on any atom is -0.383 e. The number of benzene rings is 2. The molecule has 170 valence electrons. The van der Waals surface area contributed by atoms with Crippen molar-refractivity contribution in [3.8, 4) is 0 Å². The van der Waals surface area contributed by atoms with Gasteiger partial charge in [0.1, 0.15) is 5.82 Å². The number of aromatic nitrogens is 2. The lowest BCUT2D eigenvalue weighted by atomic mass is 9.96. The number of hydrogen-bond acceptors (Lipinski definition) is 5. The normalized spacial score (nSPS) is 19.3. The predicted molar refractivity (Wildman–Crippen MR) is 121 cm³/mol. The van der Waals surface area contributed by atoms with Crippen LogP contribution in [0.4, 0.5) is 10.1 Å². The van der Waals surface area contributed by atoms with Crippen LogP contribution in [0.2, 0.25) is 5.02 Å². The monoisotopic (exact) mass is 478 g/mol. The maximum atomic E-state index is 13.4. The van der Waals surface area contributed by atoms with E-state index < -0.39 is 10.0 Å². The fraction of sp³-hybridized carbons (Fsp3) is 0.318. The summed E-state index contributed by atoms with van der Waals surface area (Å²) in [5, 5.41) is 3.91. The van der Waals surface area contributed by atoms with Crippen molar-refractivity contribution in [2.75, 3.05) is 31.6 Å². The minimum absolute atomic E-state index is 0.00270. The Balaban J connectivity index is 1.46. The Morgan fingerprint density at radius 1 is 1.16 bits per heavy atom. The van der Waals surface area contributed by atoms with Crippen molar-refractivity contribution in [3.63, 3.8) is 0 Å². The van der Waals surface area contributed by atoms with Crippen LogP contribution in [0, 0.1) is 5.82 Å². The van der Waals surface area contributed by atoms with E-state index in [0.717, 1.165) is 11.3 Å². The van der Waals surface area contributed by atoms with Crippen molar-refractivity contribution >= 4 is 27.3 Å². The van der Waals surface area contributed by atoms with Crippen LogP contribution >= 0.6 is 11.6 Å². The quantitative estimate of drug-likeness (QED) is 0.501. The number of nitrogens with one attached hydrogen (secondary N) is 1. The second-order valence-electron chi connectivity index (χ2n) is 7.70. The molecule has 1 saturated heterocycles. The largest absolute Gasteiger partial charge is 0.383 e. The minimum atomic E-state index is -3.76. The van der Waals surface area contributed by atoms with Gasteiger partial charge in [-0.05, 0) is 42.0 Å². The zero-order chi connectivity index (χ0) is 22.7. The van der Waals surface area contributed by atoms with Crippen molar-refractivity contribution in [3.05, 3.63) is 77.5 Å². The number of anilines is 1. The van der Waals surface area contributed by atoms with Crippen molar-refractivity contribution in [2.24, 2.45) is 7.05 Å². The molecule has 0 radical (unpaired) electrons. The first-order chi connectivity index (χ1) is 15.3. The van der Waals surface area contributed by atoms with Crippen LogP contribution in [0.25, 0.3) is 0 Å². The summed E-state index contributed by atoms with van der Waals surface area (Å²) in [6, 6.07) is 13.5. The molecule has 3 aromatic rings. The Morgan fingerprint density at radius 2 is 1.88 bits per heavy atom. The number of hydrogen-bond donors (Lipinski definition) is 1. The molecule has 1 aliphatic heterocycles. The van der Waals surface area contributed by atoms with E-state index in [1.165, 1.54) is 29.0 Å². The molecular formula is C22H24ClFN4O3S. The van der Waals surface area contributed by atoms with Gasteiger partial charge in [0.15, 0.2) is 5.03 Å². The number of aryl methyl sites for hydroxylation is 1. The van der Waals surface area contributed by atoms with Crippen LogP contribution in [-0.4, -0.2) is 54.6 Å². The predicted octanol–water partition coefficient (Wildman–Crippen LogP) is 3.50. The van der Waals surface area contributed by atoms with E-state index in [2.05, 4.69) is 10.3 Å². The van der Waals surface area contributed by atoms with Gasteiger partial charge in [-0.1, -0.05) is 23.7 Å². The fourth-order valence-corrected chi connectivity index (χ4v) is 5.33. The third-order valence-electron chi connectivity index (χ3n) is 5.42. The summed E-state index contributed by atoms with van der Waals surface area (Å²) in [5.41, 5.74) is 1.75. The van der Waals surface area contributed by atoms with Gasteiger partial charge in [-0.25, -0.2) is 17.8 Å². The van der Waals surface area contributed by atoms with Gasteiger partial charge in [0.25, 0.3) is 10.0 Å². The molecule has 2 heterocycles. The summed E-state index contributed by atoms with van der Waals surface area (Å²) < 4.78 is 48.7. The second kappa shape index (κ2) is 9.58. The van der Waals surface area contributed by atoms with Crippen molar-refractivity contribution < 1.29 is 17.5 Å². The van der Waals surface area contributed by atoms with Gasteiger partial charge in [-0.2, -0.15) is 4.31 Å². The highest BCUT2D eigenvalue weighted by Gasteiger charge is 2.41. The highest BCUT2D eigenvalue weighted by Crippen LogP contribution is 2.33. The maximum Gasteiger partial charge on any atom is 0.262 e. The molecule has 1 aliphatic rings. The standard InChI is InChI=1S/C22H24ClFN4O3S/c1-27-14-22(26-15-27)32(29,30)28-12-20(16-2-6-18(24)7-3-16)21(13-28)31-11-10-25-19-8-4-17(23)5-9-19/h2-9,14-15,20-21,25H,10-13H2,1H3/t20-,21+/m0/s1. The summed E-state index contributed by atoms with van der Waals surface area (Å²) in [6.45, 7) is 1.35. The van der Waals surface area contributed by atoms with Gasteiger partial charge in [0.05, 0.1) is 19.0 Å². The van der Waals surface area contributed by atoms with Crippen LogP contribution in [0.3, 0.4) is 0 Å². The van der Waals surface area contributed by atoms with Gasteiger partial charge in [-0.3, -0.25) is 0 Å². The third kappa shape index (κ3) is 5.12. The SMILES string of the molecule is Cn1cnc(S(=O)(=O)N2C[C@@H](OCCNc3ccc(Cl)cc3)[C@H](c3ccc(F)cc3)C2)c1. The van der Waals surface area contributed by atoms with Gasteiger partial charge >= 0.3 is 0 Å². The Labute approximate surface area is 191 Å². The van der Waals surface area contributed by atoms with Crippen LogP contribution in [-0.2, 0) is 21.8 Å². The van der Waals surface area contributed by atoms with Gasteiger partial charge in [0, 0.05) is 49.5 Å². The number of sulfonamides is 1.